The fourth-order valence-corrected chi connectivity index (χ4v) is 2.31. The molecule has 1 aromatic carbocycles. The number of carbonyl (C=O) groups excluding carboxylic acids is 1. The third kappa shape index (κ3) is 2.77. The highest BCUT2D eigenvalue weighted by atomic mass is 32.2. The monoisotopic (exact) mass is 246 g/mol. The number of hydrogen-bond donors (Lipinski definition) is 2. The molecule has 0 aromatic heterocycles. The number of nitrogens with two attached hydrogens (primary N) is 1. The number of rotatable bonds is 4. The summed E-state index contributed by atoms with van der Waals surface area (Å²) in [7, 11) is -4.06. The van der Waals surface area contributed by atoms with E-state index in [2.05, 4.69) is 0 Å². The lowest BCUT2D eigenvalue weighted by Crippen LogP contribution is -2.42. The highest BCUT2D eigenvalue weighted by Gasteiger charge is 2.22. The van der Waals surface area contributed by atoms with Gasteiger partial charge in [-0.05, 0) is 19.1 Å². The second-order valence-corrected chi connectivity index (χ2v) is 4.86. The molecule has 16 heavy (non-hydrogen) atoms. The molecule has 0 aliphatic heterocycles. The Bertz CT molecular complexity index is 501. The Morgan fingerprint density at radius 3 is 2.50 bits per heavy atom. The fourth-order valence-electron chi connectivity index (χ4n) is 1.02. The molecule has 0 aliphatic carbocycles. The van der Waals surface area contributed by atoms with Gasteiger partial charge in [-0.15, -0.1) is 0 Å². The van der Waals surface area contributed by atoms with Crippen molar-refractivity contribution >= 4 is 15.9 Å². The van der Waals surface area contributed by atoms with Crippen molar-refractivity contribution < 1.29 is 17.6 Å². The van der Waals surface area contributed by atoms with E-state index in [4.69, 9.17) is 5.73 Å². The molecule has 0 heterocycles. The van der Waals surface area contributed by atoms with Crippen LogP contribution in [0.25, 0.3) is 0 Å². The Kier molecular flexibility index (Phi) is 3.61. The van der Waals surface area contributed by atoms with Gasteiger partial charge in [0.2, 0.25) is 15.9 Å². The zero-order valence-corrected chi connectivity index (χ0v) is 9.29. The molecule has 1 aromatic rings. The van der Waals surface area contributed by atoms with E-state index >= 15 is 0 Å². The maximum atomic E-state index is 13.2. The quantitative estimate of drug-likeness (QED) is 0.782. The summed E-state index contributed by atoms with van der Waals surface area (Å²) in [5.74, 6) is -1.72. The Hall–Kier alpha value is -1.47. The van der Waals surface area contributed by atoms with E-state index in [0.717, 1.165) is 12.1 Å². The summed E-state index contributed by atoms with van der Waals surface area (Å²) < 4.78 is 38.4. The molecule has 0 bridgehead atoms. The van der Waals surface area contributed by atoms with E-state index in [-0.39, 0.29) is 0 Å². The Balaban J connectivity index is 3.04. The average molecular weight is 246 g/mol. The van der Waals surface area contributed by atoms with Gasteiger partial charge in [0, 0.05) is 0 Å². The van der Waals surface area contributed by atoms with Crippen LogP contribution in [0.1, 0.15) is 6.92 Å². The molecule has 7 heteroatoms. The van der Waals surface area contributed by atoms with Crippen LogP contribution in [0.5, 0.6) is 0 Å². The third-order valence-corrected chi connectivity index (χ3v) is 3.46. The first-order valence-electron chi connectivity index (χ1n) is 4.41. The van der Waals surface area contributed by atoms with Gasteiger partial charge in [0.25, 0.3) is 0 Å². The smallest absolute Gasteiger partial charge is 0.244 e. The first-order valence-corrected chi connectivity index (χ1v) is 5.89. The number of benzene rings is 1. The normalized spacial score (nSPS) is 13.4. The van der Waals surface area contributed by atoms with Crippen LogP contribution in [0.2, 0.25) is 0 Å². The maximum absolute atomic E-state index is 13.2. The number of halogens is 1. The molecule has 0 fully saturated rings. The summed E-state index contributed by atoms with van der Waals surface area (Å²) in [4.78, 5) is 10.2. The number of nitrogens with one attached hydrogen (secondary N) is 1. The van der Waals surface area contributed by atoms with Crippen LogP contribution < -0.4 is 10.5 Å². The number of carbonyl (C=O) groups is 1. The van der Waals surface area contributed by atoms with Gasteiger partial charge in [-0.1, -0.05) is 12.1 Å². The number of primary amides is 1. The highest BCUT2D eigenvalue weighted by molar-refractivity contribution is 7.89. The van der Waals surface area contributed by atoms with Crippen molar-refractivity contribution in [2.24, 2.45) is 5.73 Å². The van der Waals surface area contributed by atoms with Crippen LogP contribution in [-0.4, -0.2) is 20.4 Å². The molecule has 0 radical (unpaired) electrons. The summed E-state index contributed by atoms with van der Waals surface area (Å²) in [6.07, 6.45) is 0. The summed E-state index contributed by atoms with van der Waals surface area (Å²) in [5.41, 5.74) is 4.90. The fraction of sp³-hybridized carbons (Fsp3) is 0.222. The molecule has 0 spiro atoms. The van der Waals surface area contributed by atoms with Crippen LogP contribution in [0, 0.1) is 5.82 Å². The zero-order chi connectivity index (χ0) is 12.3. The van der Waals surface area contributed by atoms with Crippen molar-refractivity contribution in [3.8, 4) is 0 Å². The van der Waals surface area contributed by atoms with Crippen molar-refractivity contribution in [3.63, 3.8) is 0 Å². The lowest BCUT2D eigenvalue weighted by molar-refractivity contribution is -0.119. The van der Waals surface area contributed by atoms with Gasteiger partial charge in [0.1, 0.15) is 10.7 Å². The van der Waals surface area contributed by atoms with Crippen molar-refractivity contribution in [2.75, 3.05) is 0 Å². The standard InChI is InChI=1S/C9H11FN2O3S/c1-6(9(11)13)12-16(14,15)8-5-3-2-4-7(8)10/h2-6,12H,1H3,(H2,11,13). The van der Waals surface area contributed by atoms with Gasteiger partial charge < -0.3 is 5.73 Å². The first-order chi connectivity index (χ1) is 7.34. The minimum atomic E-state index is -4.06. The molecule has 88 valence electrons. The van der Waals surface area contributed by atoms with E-state index in [1.807, 2.05) is 4.72 Å². The van der Waals surface area contributed by atoms with E-state index < -0.39 is 32.7 Å². The van der Waals surface area contributed by atoms with Gasteiger partial charge in [-0.2, -0.15) is 4.72 Å². The summed E-state index contributed by atoms with van der Waals surface area (Å²) in [6.45, 7) is 1.28. The molecule has 1 rings (SSSR count). The molecule has 0 saturated carbocycles. The van der Waals surface area contributed by atoms with Crippen LogP contribution in [0.4, 0.5) is 4.39 Å². The summed E-state index contributed by atoms with van der Waals surface area (Å²) >= 11 is 0. The number of amides is 1. The first kappa shape index (κ1) is 12.6. The van der Waals surface area contributed by atoms with Gasteiger partial charge >= 0.3 is 0 Å². The Morgan fingerprint density at radius 2 is 2.00 bits per heavy atom. The zero-order valence-electron chi connectivity index (χ0n) is 8.48. The average Bonchev–Trinajstić information content (AvgIpc) is 2.17. The van der Waals surface area contributed by atoms with Crippen molar-refractivity contribution in [2.45, 2.75) is 17.9 Å². The number of hydrogen-bond acceptors (Lipinski definition) is 3. The van der Waals surface area contributed by atoms with Crippen LogP contribution >= 0.6 is 0 Å². The van der Waals surface area contributed by atoms with E-state index in [1.165, 1.54) is 19.1 Å². The van der Waals surface area contributed by atoms with Crippen LogP contribution in [-0.2, 0) is 14.8 Å². The largest absolute Gasteiger partial charge is 0.368 e. The van der Waals surface area contributed by atoms with Crippen LogP contribution in [0.15, 0.2) is 29.2 Å². The lowest BCUT2D eigenvalue weighted by atomic mass is 10.3. The lowest BCUT2D eigenvalue weighted by Gasteiger charge is -2.11. The Morgan fingerprint density at radius 1 is 1.44 bits per heavy atom. The SMILES string of the molecule is CC(NS(=O)(=O)c1ccccc1F)C(N)=O. The molecule has 5 nitrogen and oxygen atoms in total. The molecular formula is C9H11FN2O3S. The van der Waals surface area contributed by atoms with Crippen molar-refractivity contribution in [3.05, 3.63) is 30.1 Å². The maximum Gasteiger partial charge on any atom is 0.244 e. The topological polar surface area (TPSA) is 89.3 Å². The van der Waals surface area contributed by atoms with Crippen LogP contribution in [0.3, 0.4) is 0 Å². The molecule has 1 atom stereocenters. The van der Waals surface area contributed by atoms with Gasteiger partial charge in [0.05, 0.1) is 6.04 Å². The van der Waals surface area contributed by atoms with Gasteiger partial charge in [-0.3, -0.25) is 4.79 Å². The molecule has 0 saturated heterocycles. The molecule has 0 aliphatic rings. The van der Waals surface area contributed by atoms with Gasteiger partial charge in [-0.25, -0.2) is 12.8 Å². The predicted octanol–water partition coefficient (Wildman–Crippen LogP) is -0.0222. The van der Waals surface area contributed by atoms with Crippen molar-refractivity contribution in [1.29, 1.82) is 0 Å². The Labute approximate surface area is 92.5 Å². The van der Waals surface area contributed by atoms with Gasteiger partial charge in [0.15, 0.2) is 0 Å². The van der Waals surface area contributed by atoms with E-state index in [1.54, 1.807) is 0 Å². The third-order valence-electron chi connectivity index (χ3n) is 1.88. The van der Waals surface area contributed by atoms with Crippen molar-refractivity contribution in [1.82, 2.24) is 4.72 Å². The minimum absolute atomic E-state index is 0.511. The van der Waals surface area contributed by atoms with E-state index in [0.29, 0.717) is 0 Å². The molecule has 3 N–H and O–H groups in total. The van der Waals surface area contributed by atoms with E-state index in [9.17, 15) is 17.6 Å². The summed E-state index contributed by atoms with van der Waals surface area (Å²) in [5, 5.41) is 0. The number of sulfonamides is 1. The molecule has 1 amide bonds. The second kappa shape index (κ2) is 4.58. The molecule has 1 unspecified atom stereocenters. The predicted molar refractivity (Wildman–Crippen MR) is 55.4 cm³/mol. The minimum Gasteiger partial charge on any atom is -0.368 e. The summed E-state index contributed by atoms with van der Waals surface area (Å²) in [6, 6.07) is 3.78. The molecular weight excluding hydrogens is 235 g/mol. The highest BCUT2D eigenvalue weighted by Crippen LogP contribution is 2.13. The second-order valence-electron chi connectivity index (χ2n) is 3.18.